The Labute approximate surface area is 140 Å². The second-order valence-corrected chi connectivity index (χ2v) is 7.12. The Kier molecular flexibility index (Phi) is 3.62. The van der Waals surface area contributed by atoms with Crippen molar-refractivity contribution in [3.63, 3.8) is 0 Å². The standard InChI is InChI=1S/C18H20ClNO3/c1-10(2)20-8-14-16-13(7-15(19)17(14)22-9-20)11-5-3-4-6-12(11)18(21)23-16/h7,10H,3-6,8-9H2,1-2H3. The van der Waals surface area contributed by atoms with Crippen LogP contribution in [-0.4, -0.2) is 17.7 Å². The van der Waals surface area contributed by atoms with E-state index in [9.17, 15) is 4.79 Å². The third kappa shape index (κ3) is 2.36. The molecule has 0 N–H and O–H groups in total. The van der Waals surface area contributed by atoms with Crippen LogP contribution in [0.4, 0.5) is 0 Å². The van der Waals surface area contributed by atoms with Crippen LogP contribution >= 0.6 is 11.6 Å². The molecule has 4 rings (SSSR count). The molecule has 2 heterocycles. The first-order valence-corrected chi connectivity index (χ1v) is 8.61. The van der Waals surface area contributed by atoms with Crippen molar-refractivity contribution in [1.29, 1.82) is 0 Å². The van der Waals surface area contributed by atoms with E-state index in [-0.39, 0.29) is 5.63 Å². The fourth-order valence-electron chi connectivity index (χ4n) is 3.62. The molecule has 0 saturated heterocycles. The molecule has 0 radical (unpaired) electrons. The molecular formula is C18H20ClNO3. The highest BCUT2D eigenvalue weighted by Gasteiger charge is 2.28. The Bertz CT molecular complexity index is 841. The normalized spacial score (nSPS) is 17.9. The summed E-state index contributed by atoms with van der Waals surface area (Å²) in [6.45, 7) is 5.44. The van der Waals surface area contributed by atoms with Gasteiger partial charge in [0.15, 0.2) is 0 Å². The predicted molar refractivity (Wildman–Crippen MR) is 90.3 cm³/mol. The van der Waals surface area contributed by atoms with Crippen LogP contribution in [0.2, 0.25) is 5.02 Å². The summed E-state index contributed by atoms with van der Waals surface area (Å²) in [6.07, 6.45) is 3.87. The molecule has 4 nitrogen and oxygen atoms in total. The third-order valence-corrected chi connectivity index (χ3v) is 5.26. The van der Waals surface area contributed by atoms with Crippen LogP contribution in [0.25, 0.3) is 11.0 Å². The Morgan fingerprint density at radius 1 is 1.17 bits per heavy atom. The van der Waals surface area contributed by atoms with Gasteiger partial charge in [0.25, 0.3) is 0 Å². The first-order valence-electron chi connectivity index (χ1n) is 8.23. The van der Waals surface area contributed by atoms with E-state index in [0.717, 1.165) is 47.8 Å². The third-order valence-electron chi connectivity index (χ3n) is 4.98. The summed E-state index contributed by atoms with van der Waals surface area (Å²) in [6, 6.07) is 2.26. The van der Waals surface area contributed by atoms with Gasteiger partial charge in [-0.25, -0.2) is 4.79 Å². The van der Waals surface area contributed by atoms with E-state index in [1.165, 1.54) is 0 Å². The quantitative estimate of drug-likeness (QED) is 0.743. The van der Waals surface area contributed by atoms with Gasteiger partial charge in [-0.3, -0.25) is 4.90 Å². The summed E-state index contributed by atoms with van der Waals surface area (Å²) in [5.74, 6) is 0.662. The average molecular weight is 334 g/mol. The van der Waals surface area contributed by atoms with E-state index < -0.39 is 0 Å². The zero-order valence-electron chi connectivity index (χ0n) is 13.4. The maximum absolute atomic E-state index is 12.4. The van der Waals surface area contributed by atoms with Gasteiger partial charge in [0, 0.05) is 23.5 Å². The first-order chi connectivity index (χ1) is 11.1. The number of fused-ring (bicyclic) bond motifs is 5. The lowest BCUT2D eigenvalue weighted by molar-refractivity contribution is 0.0690. The minimum absolute atomic E-state index is 0.196. The molecule has 5 heteroatoms. The molecule has 1 aliphatic heterocycles. The number of aryl methyl sites for hydroxylation is 1. The van der Waals surface area contributed by atoms with Gasteiger partial charge in [-0.05, 0) is 51.2 Å². The van der Waals surface area contributed by atoms with Gasteiger partial charge in [0.05, 0.1) is 10.6 Å². The van der Waals surface area contributed by atoms with Gasteiger partial charge in [0.1, 0.15) is 18.1 Å². The van der Waals surface area contributed by atoms with Crippen LogP contribution in [-0.2, 0) is 19.4 Å². The van der Waals surface area contributed by atoms with Crippen molar-refractivity contribution in [3.8, 4) is 5.75 Å². The molecule has 1 aromatic carbocycles. The maximum Gasteiger partial charge on any atom is 0.339 e. The molecule has 2 aliphatic rings. The molecule has 1 aliphatic carbocycles. The van der Waals surface area contributed by atoms with Crippen molar-refractivity contribution in [2.24, 2.45) is 0 Å². The number of nitrogens with zero attached hydrogens (tertiary/aromatic N) is 1. The SMILES string of the molecule is CC(C)N1COc2c(Cl)cc3c4c(c(=O)oc3c2C1)CCCC4. The highest BCUT2D eigenvalue weighted by atomic mass is 35.5. The molecule has 23 heavy (non-hydrogen) atoms. The minimum atomic E-state index is -0.196. The minimum Gasteiger partial charge on any atom is -0.476 e. The van der Waals surface area contributed by atoms with Crippen molar-refractivity contribution >= 4 is 22.6 Å². The predicted octanol–water partition coefficient (Wildman–Crippen LogP) is 3.89. The number of benzene rings is 1. The second-order valence-electron chi connectivity index (χ2n) is 6.71. The van der Waals surface area contributed by atoms with Crippen LogP contribution in [0, 0.1) is 0 Å². The summed E-state index contributed by atoms with van der Waals surface area (Å²) in [5.41, 5.74) is 3.31. The van der Waals surface area contributed by atoms with E-state index in [4.69, 9.17) is 20.8 Å². The summed E-state index contributed by atoms with van der Waals surface area (Å²) in [7, 11) is 0. The van der Waals surface area contributed by atoms with Gasteiger partial charge >= 0.3 is 5.63 Å². The van der Waals surface area contributed by atoms with Crippen molar-refractivity contribution in [1.82, 2.24) is 4.90 Å². The highest BCUT2D eigenvalue weighted by Crippen LogP contribution is 2.41. The van der Waals surface area contributed by atoms with E-state index in [1.807, 2.05) is 6.07 Å². The van der Waals surface area contributed by atoms with Crippen molar-refractivity contribution in [3.05, 3.63) is 38.2 Å². The fourth-order valence-corrected chi connectivity index (χ4v) is 3.90. The van der Waals surface area contributed by atoms with E-state index in [0.29, 0.717) is 35.7 Å². The summed E-state index contributed by atoms with van der Waals surface area (Å²) in [4.78, 5) is 14.6. The lowest BCUT2D eigenvalue weighted by Crippen LogP contribution is -2.37. The number of hydrogen-bond acceptors (Lipinski definition) is 4. The highest BCUT2D eigenvalue weighted by molar-refractivity contribution is 6.33. The van der Waals surface area contributed by atoms with Crippen molar-refractivity contribution in [2.75, 3.05) is 6.73 Å². The number of hydrogen-bond donors (Lipinski definition) is 0. The lowest BCUT2D eigenvalue weighted by Gasteiger charge is -2.32. The van der Waals surface area contributed by atoms with Gasteiger partial charge in [-0.2, -0.15) is 0 Å². The van der Waals surface area contributed by atoms with Crippen molar-refractivity contribution in [2.45, 2.75) is 52.1 Å². The number of ether oxygens (including phenoxy) is 1. The molecule has 122 valence electrons. The number of rotatable bonds is 1. The van der Waals surface area contributed by atoms with E-state index in [1.54, 1.807) is 0 Å². The van der Waals surface area contributed by atoms with E-state index in [2.05, 4.69) is 18.7 Å². The largest absolute Gasteiger partial charge is 0.476 e. The Hall–Kier alpha value is -1.52. The molecule has 0 amide bonds. The van der Waals surface area contributed by atoms with Crippen molar-refractivity contribution < 1.29 is 9.15 Å². The van der Waals surface area contributed by atoms with Crippen LogP contribution < -0.4 is 10.4 Å². The zero-order valence-corrected chi connectivity index (χ0v) is 14.2. The maximum atomic E-state index is 12.4. The van der Waals surface area contributed by atoms with E-state index >= 15 is 0 Å². The van der Waals surface area contributed by atoms with Gasteiger partial charge in [-0.15, -0.1) is 0 Å². The first kappa shape index (κ1) is 15.0. The Morgan fingerprint density at radius 3 is 2.65 bits per heavy atom. The van der Waals surface area contributed by atoms with Crippen LogP contribution in [0.15, 0.2) is 15.3 Å². The topological polar surface area (TPSA) is 42.7 Å². The number of halogens is 1. The molecular weight excluding hydrogens is 314 g/mol. The average Bonchev–Trinajstić information content (AvgIpc) is 2.56. The summed E-state index contributed by atoms with van der Waals surface area (Å²) < 4.78 is 11.6. The Morgan fingerprint density at radius 2 is 1.91 bits per heavy atom. The zero-order chi connectivity index (χ0) is 16.1. The van der Waals surface area contributed by atoms with Gasteiger partial charge < -0.3 is 9.15 Å². The lowest BCUT2D eigenvalue weighted by atomic mass is 9.89. The van der Waals surface area contributed by atoms with Crippen LogP contribution in [0.1, 0.15) is 43.4 Å². The molecule has 0 unspecified atom stereocenters. The van der Waals surface area contributed by atoms with Crippen LogP contribution in [0.5, 0.6) is 5.75 Å². The molecule has 0 fully saturated rings. The molecule has 2 aromatic rings. The van der Waals surface area contributed by atoms with Crippen LogP contribution in [0.3, 0.4) is 0 Å². The molecule has 0 saturated carbocycles. The molecule has 0 spiro atoms. The second kappa shape index (κ2) is 5.53. The fraction of sp³-hybridized carbons (Fsp3) is 0.500. The molecule has 0 bridgehead atoms. The summed E-state index contributed by atoms with van der Waals surface area (Å²) in [5, 5.41) is 1.59. The molecule has 0 atom stereocenters. The molecule has 1 aromatic heterocycles. The smallest absolute Gasteiger partial charge is 0.339 e. The monoisotopic (exact) mass is 333 g/mol. The Balaban J connectivity index is 2.00. The van der Waals surface area contributed by atoms with Gasteiger partial charge in [0.2, 0.25) is 0 Å². The summed E-state index contributed by atoms with van der Waals surface area (Å²) >= 11 is 6.47. The van der Waals surface area contributed by atoms with Gasteiger partial charge in [-0.1, -0.05) is 11.6 Å².